The summed E-state index contributed by atoms with van der Waals surface area (Å²) in [6, 6.07) is 26.9. The second kappa shape index (κ2) is 63.2. The highest BCUT2D eigenvalue weighted by Crippen LogP contribution is 2.19. The van der Waals surface area contributed by atoms with Crippen molar-refractivity contribution in [1.82, 2.24) is 0 Å². The Morgan fingerprint density at radius 2 is 0.446 bits per heavy atom. The van der Waals surface area contributed by atoms with Gasteiger partial charge in [0.2, 0.25) is 0 Å². The first-order chi connectivity index (χ1) is 36.1. The lowest BCUT2D eigenvalue weighted by Gasteiger charge is -2.14. The molecule has 0 aliphatic rings. The Kier molecular flexibility index (Phi) is 64.8. The number of aryl methyl sites for hydroxylation is 5. The zero-order valence-electron chi connectivity index (χ0n) is 53.4. The zero-order valence-corrected chi connectivity index (χ0v) is 53.4. The van der Waals surface area contributed by atoms with Crippen molar-refractivity contribution in [2.24, 2.45) is 11.8 Å². The maximum atomic E-state index is 2.31. The number of hydrogen-bond acceptors (Lipinski definition) is 0. The molecule has 0 amide bonds. The highest BCUT2D eigenvalue weighted by atomic mass is 14.1. The first-order valence-corrected chi connectivity index (χ1v) is 33.3. The van der Waals surface area contributed by atoms with Crippen molar-refractivity contribution in [3.05, 3.63) is 106 Å². The maximum Gasteiger partial charge on any atom is -0.0250 e. The van der Waals surface area contributed by atoms with E-state index >= 15 is 0 Å². The monoisotopic (exact) mass is 1030 g/mol. The molecule has 0 saturated carbocycles. The number of benzene rings is 3. The molecular weight excluding hydrogens is 889 g/mol. The molecule has 0 nitrogen and oxygen atoms in total. The van der Waals surface area contributed by atoms with E-state index in [1.165, 1.54) is 290 Å². The summed E-state index contributed by atoms with van der Waals surface area (Å²) in [4.78, 5) is 0. The third-order valence-corrected chi connectivity index (χ3v) is 15.1. The molecule has 432 valence electrons. The molecule has 0 fully saturated rings. The number of unbranched alkanes of at least 4 members (excludes halogenated alkanes) is 26. The van der Waals surface area contributed by atoms with E-state index in [-0.39, 0.29) is 0 Å². The van der Waals surface area contributed by atoms with Crippen LogP contribution in [-0.2, 0) is 19.3 Å². The fourth-order valence-electron chi connectivity index (χ4n) is 9.33. The Labute approximate surface area is 469 Å². The molecule has 74 heavy (non-hydrogen) atoms. The fourth-order valence-corrected chi connectivity index (χ4v) is 9.33. The first kappa shape index (κ1) is 75.9. The van der Waals surface area contributed by atoms with Crippen LogP contribution in [0.5, 0.6) is 0 Å². The van der Waals surface area contributed by atoms with Crippen LogP contribution >= 0.6 is 0 Å². The molecular formula is C74H136. The molecule has 0 N–H and O–H groups in total. The van der Waals surface area contributed by atoms with Gasteiger partial charge in [0.1, 0.15) is 0 Å². The summed E-state index contributed by atoms with van der Waals surface area (Å²) >= 11 is 0. The van der Waals surface area contributed by atoms with Gasteiger partial charge in [0.25, 0.3) is 0 Å². The Hall–Kier alpha value is -2.34. The Morgan fingerprint density at radius 3 is 0.703 bits per heavy atom. The summed E-state index contributed by atoms with van der Waals surface area (Å²) in [7, 11) is 0. The van der Waals surface area contributed by atoms with Gasteiger partial charge in [0, 0.05) is 0 Å². The van der Waals surface area contributed by atoms with Crippen LogP contribution in [0.2, 0.25) is 0 Å². The van der Waals surface area contributed by atoms with Crippen molar-refractivity contribution in [3.63, 3.8) is 0 Å². The molecule has 1 atom stereocenters. The topological polar surface area (TPSA) is 0 Å². The minimum absolute atomic E-state index is 0.882. The summed E-state index contributed by atoms with van der Waals surface area (Å²) in [6.45, 7) is 31.5. The maximum absolute atomic E-state index is 2.31. The molecule has 0 bridgehead atoms. The van der Waals surface area contributed by atoms with Crippen LogP contribution in [0.3, 0.4) is 0 Å². The number of rotatable bonds is 39. The minimum atomic E-state index is 0.882. The van der Waals surface area contributed by atoms with E-state index in [9.17, 15) is 0 Å². The van der Waals surface area contributed by atoms with Crippen molar-refractivity contribution in [1.29, 1.82) is 0 Å². The third-order valence-electron chi connectivity index (χ3n) is 15.1. The first-order valence-electron chi connectivity index (χ1n) is 33.3. The fraction of sp³-hybridized carbons (Fsp3) is 0.757. The summed E-state index contributed by atoms with van der Waals surface area (Å²) in [5.74, 6) is 1.89. The van der Waals surface area contributed by atoms with Crippen molar-refractivity contribution in [2.45, 2.75) is 354 Å². The van der Waals surface area contributed by atoms with Crippen molar-refractivity contribution in [3.8, 4) is 0 Å². The molecule has 0 heteroatoms. The number of hydrogen-bond donors (Lipinski definition) is 0. The van der Waals surface area contributed by atoms with Gasteiger partial charge in [0.05, 0.1) is 0 Å². The Bertz CT molecular complexity index is 1390. The van der Waals surface area contributed by atoms with Crippen LogP contribution in [0.4, 0.5) is 0 Å². The quantitative estimate of drug-likeness (QED) is 0.0500. The lowest BCUT2D eigenvalue weighted by Crippen LogP contribution is -2.03. The van der Waals surface area contributed by atoms with Crippen LogP contribution in [0.15, 0.2) is 72.8 Å². The third kappa shape index (κ3) is 57.4. The predicted octanol–water partition coefficient (Wildman–Crippen LogP) is 26.5. The van der Waals surface area contributed by atoms with Crippen LogP contribution in [-0.4, -0.2) is 0 Å². The van der Waals surface area contributed by atoms with Crippen molar-refractivity contribution < 1.29 is 0 Å². The van der Waals surface area contributed by atoms with Crippen LogP contribution < -0.4 is 0 Å². The zero-order chi connectivity index (χ0) is 55.4. The minimum Gasteiger partial charge on any atom is -0.0654 e. The average molecular weight is 1030 g/mol. The average Bonchev–Trinajstić information content (AvgIpc) is 3.42. The summed E-state index contributed by atoms with van der Waals surface area (Å²) < 4.78 is 0. The van der Waals surface area contributed by atoms with Gasteiger partial charge in [-0.3, -0.25) is 0 Å². The van der Waals surface area contributed by atoms with Crippen LogP contribution in [0, 0.1) is 32.6 Å². The summed E-state index contributed by atoms with van der Waals surface area (Å²) in [5, 5.41) is 0. The van der Waals surface area contributed by atoms with E-state index in [0.29, 0.717) is 0 Å². The normalized spacial score (nSPS) is 10.9. The molecule has 0 saturated heterocycles. The Balaban J connectivity index is -0.000000827. The van der Waals surface area contributed by atoms with E-state index in [2.05, 4.69) is 170 Å². The van der Waals surface area contributed by atoms with Gasteiger partial charge in [-0.15, -0.1) is 0 Å². The predicted molar refractivity (Wildman–Crippen MR) is 345 cm³/mol. The summed E-state index contributed by atoms with van der Waals surface area (Å²) in [5.41, 5.74) is 8.57. The van der Waals surface area contributed by atoms with Gasteiger partial charge in [-0.25, -0.2) is 0 Å². The largest absolute Gasteiger partial charge is 0.0654 e. The van der Waals surface area contributed by atoms with Gasteiger partial charge < -0.3 is 0 Å². The van der Waals surface area contributed by atoms with E-state index in [1.807, 2.05) is 0 Å². The van der Waals surface area contributed by atoms with E-state index in [1.54, 1.807) is 0 Å². The van der Waals surface area contributed by atoms with Crippen molar-refractivity contribution in [2.75, 3.05) is 0 Å². The smallest absolute Gasteiger partial charge is 0.0250 e. The van der Waals surface area contributed by atoms with Gasteiger partial charge >= 0.3 is 0 Å². The molecule has 3 aromatic carbocycles. The highest BCUT2D eigenvalue weighted by molar-refractivity contribution is 5.23. The lowest BCUT2D eigenvalue weighted by atomic mass is 9.92. The van der Waals surface area contributed by atoms with Crippen LogP contribution in [0.25, 0.3) is 0 Å². The van der Waals surface area contributed by atoms with Crippen LogP contribution in [0.1, 0.15) is 347 Å². The molecule has 0 aliphatic carbocycles. The van der Waals surface area contributed by atoms with Gasteiger partial charge in [-0.2, -0.15) is 0 Å². The van der Waals surface area contributed by atoms with E-state index in [4.69, 9.17) is 0 Å². The molecule has 0 aliphatic heterocycles. The molecule has 3 rings (SSSR count). The van der Waals surface area contributed by atoms with Gasteiger partial charge in [-0.05, 0) is 81.4 Å². The van der Waals surface area contributed by atoms with E-state index < -0.39 is 0 Å². The molecule has 0 aromatic heterocycles. The van der Waals surface area contributed by atoms with Gasteiger partial charge in [-0.1, -0.05) is 390 Å². The standard InChI is InChI=1S/2C15H24.C13H20.C13H28.2C9H20/c1-4-6-7-14(5-2)12-15-10-8-13(3)9-11-15;1-3-4-5-6-7-8-9-15-12-10-14(2)11-13-15;1-3-4-5-6-7-13-10-8-12(2)9-11-13;1-3-5-7-9-11-13-12-10-8-6-4-2;1-4-7-8-9(5-2)6-3;1-3-5-7-9-8-6-4-2/h8-11,14H,4-7,12H2,1-3H3;10-13H,3-9H2,1-2H3;8-11H,3-7H2,1-2H3;3-13H2,1-2H3;9H,4-8H2,1-3H3;3-9H2,1-2H3. The SMILES string of the molecule is CCCCC(CC)CC.CCCCC(CC)Cc1ccc(C)cc1.CCCCCCCCC.CCCCCCCCCCCCC.CCCCCCCCc1ccc(C)cc1.CCCCCCc1ccc(C)cc1. The second-order valence-electron chi connectivity index (χ2n) is 22.7. The van der Waals surface area contributed by atoms with Crippen molar-refractivity contribution >= 4 is 0 Å². The molecule has 0 radical (unpaired) electrons. The highest BCUT2D eigenvalue weighted by Gasteiger charge is 2.07. The lowest BCUT2D eigenvalue weighted by molar-refractivity contribution is 0.438. The van der Waals surface area contributed by atoms with Gasteiger partial charge in [0.15, 0.2) is 0 Å². The molecule has 0 heterocycles. The summed E-state index contributed by atoms with van der Waals surface area (Å²) in [6.07, 6.45) is 55.8. The second-order valence-corrected chi connectivity index (χ2v) is 22.7. The molecule has 0 spiro atoms. The molecule has 3 aromatic rings. The molecule has 1 unspecified atom stereocenters. The van der Waals surface area contributed by atoms with E-state index in [0.717, 1.165) is 11.8 Å². The Morgan fingerprint density at radius 1 is 0.230 bits per heavy atom.